The zero-order chi connectivity index (χ0) is 19.6. The molecule has 1 fully saturated rings. The van der Waals surface area contributed by atoms with E-state index in [9.17, 15) is 9.59 Å². The van der Waals surface area contributed by atoms with Gasteiger partial charge in [0.2, 0.25) is 0 Å². The van der Waals surface area contributed by atoms with Crippen LogP contribution in [-0.4, -0.2) is 43.8 Å². The Bertz CT molecular complexity index is 788. The van der Waals surface area contributed by atoms with E-state index in [1.165, 1.54) is 14.2 Å². The van der Waals surface area contributed by atoms with E-state index in [1.54, 1.807) is 62.4 Å². The highest BCUT2D eigenvalue weighted by Crippen LogP contribution is 2.35. The van der Waals surface area contributed by atoms with Gasteiger partial charge in [0, 0.05) is 0 Å². The molecule has 2 atom stereocenters. The number of benzene rings is 2. The molecule has 1 aliphatic heterocycles. The minimum absolute atomic E-state index is 0.337. The third-order valence-corrected chi connectivity index (χ3v) is 4.36. The van der Waals surface area contributed by atoms with E-state index in [1.807, 2.05) is 0 Å². The number of carbonyl (C=O) groups excluding carboxylic acids is 2. The number of ketones is 2. The highest BCUT2D eigenvalue weighted by atomic mass is 16.8. The first-order chi connectivity index (χ1) is 12.9. The molecule has 142 valence electrons. The average Bonchev–Trinajstić information content (AvgIpc) is 3.02. The molecule has 0 aliphatic carbocycles. The van der Waals surface area contributed by atoms with Crippen LogP contribution in [0.2, 0.25) is 0 Å². The summed E-state index contributed by atoms with van der Waals surface area (Å²) in [5.74, 6) is -0.985. The van der Waals surface area contributed by atoms with Crippen LogP contribution >= 0.6 is 0 Å². The van der Waals surface area contributed by atoms with Crippen LogP contribution in [0.5, 0.6) is 11.5 Å². The molecule has 0 saturated carbocycles. The summed E-state index contributed by atoms with van der Waals surface area (Å²) in [6, 6.07) is 13.6. The molecule has 0 spiro atoms. The van der Waals surface area contributed by atoms with Crippen molar-refractivity contribution in [1.29, 1.82) is 0 Å². The average molecular weight is 370 g/mol. The number of carbonyl (C=O) groups is 2. The minimum Gasteiger partial charge on any atom is -0.496 e. The zero-order valence-corrected chi connectivity index (χ0v) is 15.7. The van der Waals surface area contributed by atoms with Crippen molar-refractivity contribution in [1.82, 2.24) is 0 Å². The van der Waals surface area contributed by atoms with Gasteiger partial charge in [-0.2, -0.15) is 0 Å². The van der Waals surface area contributed by atoms with Gasteiger partial charge in [-0.1, -0.05) is 24.3 Å². The molecular formula is C21H22O6. The Morgan fingerprint density at radius 1 is 0.778 bits per heavy atom. The molecule has 6 heteroatoms. The highest BCUT2D eigenvalue weighted by Gasteiger charge is 2.49. The fraction of sp³-hybridized carbons (Fsp3) is 0.333. The van der Waals surface area contributed by atoms with Crippen molar-refractivity contribution in [3.05, 3.63) is 59.7 Å². The summed E-state index contributed by atoms with van der Waals surface area (Å²) in [5.41, 5.74) is 0.674. The number of rotatable bonds is 6. The van der Waals surface area contributed by atoms with Crippen molar-refractivity contribution >= 4 is 11.6 Å². The zero-order valence-electron chi connectivity index (χ0n) is 15.7. The molecule has 2 aromatic carbocycles. The van der Waals surface area contributed by atoms with E-state index in [4.69, 9.17) is 18.9 Å². The Morgan fingerprint density at radius 2 is 1.15 bits per heavy atom. The van der Waals surface area contributed by atoms with Crippen molar-refractivity contribution in [3.8, 4) is 11.5 Å². The van der Waals surface area contributed by atoms with Crippen molar-refractivity contribution < 1.29 is 28.5 Å². The van der Waals surface area contributed by atoms with Crippen LogP contribution in [0.4, 0.5) is 0 Å². The van der Waals surface area contributed by atoms with Gasteiger partial charge in [-0.3, -0.25) is 9.59 Å². The molecule has 0 amide bonds. The van der Waals surface area contributed by atoms with Gasteiger partial charge in [0.25, 0.3) is 0 Å². The summed E-state index contributed by atoms with van der Waals surface area (Å²) < 4.78 is 22.2. The van der Waals surface area contributed by atoms with E-state index in [-0.39, 0.29) is 11.6 Å². The van der Waals surface area contributed by atoms with Gasteiger partial charge in [-0.15, -0.1) is 0 Å². The first-order valence-electron chi connectivity index (χ1n) is 8.58. The third kappa shape index (κ3) is 3.72. The molecule has 0 aromatic heterocycles. The van der Waals surface area contributed by atoms with Crippen LogP contribution in [0, 0.1) is 0 Å². The number of ether oxygens (including phenoxy) is 4. The Morgan fingerprint density at radius 3 is 1.52 bits per heavy atom. The van der Waals surface area contributed by atoms with E-state index >= 15 is 0 Å². The van der Waals surface area contributed by atoms with Gasteiger partial charge in [-0.25, -0.2) is 0 Å². The van der Waals surface area contributed by atoms with E-state index in [0.29, 0.717) is 22.6 Å². The monoisotopic (exact) mass is 370 g/mol. The topological polar surface area (TPSA) is 71.1 Å². The Hall–Kier alpha value is -2.70. The summed E-state index contributed by atoms with van der Waals surface area (Å²) >= 11 is 0. The second-order valence-corrected chi connectivity index (χ2v) is 6.61. The number of hydrogen-bond acceptors (Lipinski definition) is 6. The Kier molecular flexibility index (Phi) is 5.30. The first kappa shape index (κ1) is 19.1. The molecule has 0 radical (unpaired) electrons. The SMILES string of the molecule is COc1ccccc1C(=O)[C@@H]1OC(C)(C)O[C@H]1C(=O)c1ccccc1OC. The summed E-state index contributed by atoms with van der Waals surface area (Å²) in [7, 11) is 2.97. The number of methoxy groups -OCH3 is 2. The van der Waals surface area contributed by atoms with E-state index in [0.717, 1.165) is 0 Å². The largest absolute Gasteiger partial charge is 0.496 e. The molecule has 1 aliphatic rings. The maximum Gasteiger partial charge on any atom is 0.198 e. The van der Waals surface area contributed by atoms with Crippen molar-refractivity contribution in [2.75, 3.05) is 14.2 Å². The van der Waals surface area contributed by atoms with Gasteiger partial charge in [-0.05, 0) is 38.1 Å². The van der Waals surface area contributed by atoms with E-state index < -0.39 is 18.0 Å². The second-order valence-electron chi connectivity index (χ2n) is 6.61. The summed E-state index contributed by atoms with van der Waals surface area (Å²) in [6.45, 7) is 3.34. The lowest BCUT2D eigenvalue weighted by Gasteiger charge is -2.17. The Labute approximate surface area is 158 Å². The van der Waals surface area contributed by atoms with E-state index in [2.05, 4.69) is 0 Å². The van der Waals surface area contributed by atoms with Crippen molar-refractivity contribution in [2.24, 2.45) is 0 Å². The maximum absolute atomic E-state index is 13.1. The molecule has 0 unspecified atom stereocenters. The summed E-state index contributed by atoms with van der Waals surface area (Å²) in [5, 5.41) is 0. The van der Waals surface area contributed by atoms with Gasteiger partial charge in [0.1, 0.15) is 11.5 Å². The number of Topliss-reactive ketones (excluding diaryl/α,β-unsaturated/α-hetero) is 2. The fourth-order valence-corrected chi connectivity index (χ4v) is 3.15. The van der Waals surface area contributed by atoms with Crippen LogP contribution in [0.1, 0.15) is 34.6 Å². The normalized spacial score (nSPS) is 20.9. The van der Waals surface area contributed by atoms with Crippen LogP contribution in [0.3, 0.4) is 0 Å². The highest BCUT2D eigenvalue weighted by molar-refractivity contribution is 6.09. The quantitative estimate of drug-likeness (QED) is 0.727. The minimum atomic E-state index is -1.09. The number of para-hydroxylation sites is 2. The van der Waals surface area contributed by atoms with Crippen LogP contribution in [-0.2, 0) is 9.47 Å². The maximum atomic E-state index is 13.1. The van der Waals surface area contributed by atoms with Gasteiger partial charge < -0.3 is 18.9 Å². The molecule has 0 bridgehead atoms. The molecule has 6 nitrogen and oxygen atoms in total. The van der Waals surface area contributed by atoms with Gasteiger partial charge >= 0.3 is 0 Å². The molecule has 2 aromatic rings. The predicted molar refractivity (Wildman–Crippen MR) is 98.5 cm³/mol. The van der Waals surface area contributed by atoms with Gasteiger partial charge in [0.05, 0.1) is 25.3 Å². The molecule has 1 heterocycles. The summed E-state index contributed by atoms with van der Waals surface area (Å²) in [6.07, 6.45) is -2.18. The van der Waals surface area contributed by atoms with Crippen LogP contribution in [0.15, 0.2) is 48.5 Å². The molecule has 27 heavy (non-hydrogen) atoms. The number of hydrogen-bond donors (Lipinski definition) is 0. The second kappa shape index (κ2) is 7.50. The lowest BCUT2D eigenvalue weighted by molar-refractivity contribution is -0.139. The first-order valence-corrected chi connectivity index (χ1v) is 8.58. The molecule has 1 saturated heterocycles. The lowest BCUT2D eigenvalue weighted by Crippen LogP contribution is -2.37. The van der Waals surface area contributed by atoms with Crippen molar-refractivity contribution in [2.45, 2.75) is 31.8 Å². The summed E-state index contributed by atoms with van der Waals surface area (Å²) in [4.78, 5) is 26.3. The standard InChI is InChI=1S/C21H22O6/c1-21(2)26-19(17(22)13-9-5-7-11-15(13)24-3)20(27-21)18(23)14-10-6-8-12-16(14)25-4/h5-12,19-20H,1-4H3/t19-,20-/m0/s1. The lowest BCUT2D eigenvalue weighted by atomic mass is 9.95. The molecule has 3 rings (SSSR count). The third-order valence-electron chi connectivity index (χ3n) is 4.36. The smallest absolute Gasteiger partial charge is 0.198 e. The van der Waals surface area contributed by atoms with Gasteiger partial charge in [0.15, 0.2) is 29.6 Å². The predicted octanol–water partition coefficient (Wildman–Crippen LogP) is 3.29. The fourth-order valence-electron chi connectivity index (χ4n) is 3.15. The molecule has 0 N–H and O–H groups in total. The molecular weight excluding hydrogens is 348 g/mol. The van der Waals surface area contributed by atoms with Crippen LogP contribution < -0.4 is 9.47 Å². The van der Waals surface area contributed by atoms with Crippen LogP contribution in [0.25, 0.3) is 0 Å². The van der Waals surface area contributed by atoms with Crippen molar-refractivity contribution in [3.63, 3.8) is 0 Å². The Balaban J connectivity index is 1.98.